The number of hydrogen-bond donors (Lipinski definition) is 2. The predicted molar refractivity (Wildman–Crippen MR) is 128 cm³/mol. The Balaban J connectivity index is 0.00000320. The van der Waals surface area contributed by atoms with Crippen molar-refractivity contribution in [2.75, 3.05) is 65.8 Å². The van der Waals surface area contributed by atoms with Crippen LogP contribution in [0, 0.1) is 6.92 Å². The van der Waals surface area contributed by atoms with E-state index in [1.807, 2.05) is 13.0 Å². The van der Waals surface area contributed by atoms with Crippen LogP contribution in [0.5, 0.6) is 0 Å². The van der Waals surface area contributed by atoms with Gasteiger partial charge in [-0.1, -0.05) is 0 Å². The number of hydrogen-bond acceptors (Lipinski definition) is 6. The first-order valence-electron chi connectivity index (χ1n) is 10.9. The lowest BCUT2D eigenvalue weighted by molar-refractivity contribution is 0.0135. The molecular weight excluding hydrogens is 499 g/mol. The summed E-state index contributed by atoms with van der Waals surface area (Å²) in [4.78, 5) is 7.24. The highest BCUT2D eigenvalue weighted by Crippen LogP contribution is 2.24. The van der Waals surface area contributed by atoms with E-state index in [0.717, 1.165) is 89.5 Å². The fraction of sp³-hybridized carbons (Fsp3) is 0.762. The van der Waals surface area contributed by atoms with E-state index in [1.165, 1.54) is 0 Å². The van der Waals surface area contributed by atoms with E-state index in [4.69, 9.17) is 23.6 Å². The molecule has 3 heterocycles. The number of nitrogens with zero attached hydrogens (tertiary/aromatic N) is 2. The number of nitrogens with one attached hydrogen (secondary N) is 2. The smallest absolute Gasteiger partial charge is 0.191 e. The van der Waals surface area contributed by atoms with Crippen molar-refractivity contribution in [2.24, 2.45) is 4.99 Å². The van der Waals surface area contributed by atoms with Crippen molar-refractivity contribution in [1.29, 1.82) is 0 Å². The van der Waals surface area contributed by atoms with Gasteiger partial charge in [0.25, 0.3) is 0 Å². The fourth-order valence-electron chi connectivity index (χ4n) is 3.60. The Bertz CT molecular complexity index is 616. The maximum Gasteiger partial charge on any atom is 0.191 e. The molecule has 2 aliphatic rings. The van der Waals surface area contributed by atoms with E-state index < -0.39 is 0 Å². The summed E-state index contributed by atoms with van der Waals surface area (Å²) in [6, 6.07) is 4.20. The third-order valence-corrected chi connectivity index (χ3v) is 5.20. The summed E-state index contributed by atoms with van der Waals surface area (Å²) < 4.78 is 22.6. The van der Waals surface area contributed by atoms with Crippen LogP contribution in [-0.4, -0.2) is 82.7 Å². The summed E-state index contributed by atoms with van der Waals surface area (Å²) in [7, 11) is 0. The van der Waals surface area contributed by atoms with E-state index in [9.17, 15) is 0 Å². The lowest BCUT2D eigenvalue weighted by atomic mass is 10.1. The SMILES string of the molecule is CCNC(=NCC(c1ccc(C)o1)N1CCOCC1)NCCCOC1CCOC1.I. The molecule has 0 aromatic carbocycles. The highest BCUT2D eigenvalue weighted by atomic mass is 127. The van der Waals surface area contributed by atoms with Crippen LogP contribution in [0.25, 0.3) is 0 Å². The summed E-state index contributed by atoms with van der Waals surface area (Å²) in [6.45, 7) is 11.9. The first-order valence-corrected chi connectivity index (χ1v) is 10.9. The third kappa shape index (κ3) is 8.33. The molecule has 0 radical (unpaired) electrons. The minimum Gasteiger partial charge on any atom is -0.465 e. The van der Waals surface area contributed by atoms with Gasteiger partial charge in [0.1, 0.15) is 11.5 Å². The van der Waals surface area contributed by atoms with Crippen LogP contribution >= 0.6 is 24.0 Å². The molecule has 2 N–H and O–H groups in total. The molecule has 9 heteroatoms. The minimum absolute atomic E-state index is 0. The Morgan fingerprint density at radius 3 is 2.73 bits per heavy atom. The number of halogens is 1. The maximum absolute atomic E-state index is 5.93. The second-order valence-electron chi connectivity index (χ2n) is 7.47. The summed E-state index contributed by atoms with van der Waals surface area (Å²) in [5, 5.41) is 6.75. The van der Waals surface area contributed by atoms with Gasteiger partial charge in [-0.3, -0.25) is 9.89 Å². The molecule has 0 aliphatic carbocycles. The molecule has 2 unspecified atom stereocenters. The average molecular weight is 536 g/mol. The molecule has 2 saturated heterocycles. The van der Waals surface area contributed by atoms with Crippen LogP contribution in [0.2, 0.25) is 0 Å². The van der Waals surface area contributed by atoms with Crippen molar-refractivity contribution < 1.29 is 18.6 Å². The molecule has 2 aliphatic heterocycles. The maximum atomic E-state index is 5.93. The zero-order valence-corrected chi connectivity index (χ0v) is 20.6. The Kier molecular flexibility index (Phi) is 12.0. The number of furan rings is 1. The van der Waals surface area contributed by atoms with E-state index in [-0.39, 0.29) is 36.1 Å². The van der Waals surface area contributed by atoms with E-state index in [1.54, 1.807) is 0 Å². The van der Waals surface area contributed by atoms with Gasteiger partial charge in [0, 0.05) is 39.4 Å². The second kappa shape index (κ2) is 14.2. The van der Waals surface area contributed by atoms with Crippen LogP contribution in [0.4, 0.5) is 0 Å². The Hall–Kier alpha value is -0.880. The zero-order chi connectivity index (χ0) is 20.3. The number of rotatable bonds is 10. The Morgan fingerprint density at radius 1 is 1.23 bits per heavy atom. The first kappa shape index (κ1) is 25.4. The van der Waals surface area contributed by atoms with Gasteiger partial charge in [-0.05, 0) is 38.8 Å². The van der Waals surface area contributed by atoms with Gasteiger partial charge in [-0.2, -0.15) is 0 Å². The summed E-state index contributed by atoms with van der Waals surface area (Å²) in [5.74, 6) is 2.73. The molecule has 30 heavy (non-hydrogen) atoms. The molecule has 2 fully saturated rings. The van der Waals surface area contributed by atoms with Crippen LogP contribution in [0.3, 0.4) is 0 Å². The van der Waals surface area contributed by atoms with Crippen molar-refractivity contribution in [3.63, 3.8) is 0 Å². The molecule has 2 atom stereocenters. The van der Waals surface area contributed by atoms with Gasteiger partial charge >= 0.3 is 0 Å². The lowest BCUT2D eigenvalue weighted by Crippen LogP contribution is -2.42. The lowest BCUT2D eigenvalue weighted by Gasteiger charge is -2.32. The van der Waals surface area contributed by atoms with Crippen LogP contribution < -0.4 is 10.6 Å². The first-order chi connectivity index (χ1) is 14.3. The van der Waals surface area contributed by atoms with Crippen molar-refractivity contribution >= 4 is 29.9 Å². The number of aliphatic imine (C=N–C) groups is 1. The number of aryl methyl sites for hydroxylation is 1. The zero-order valence-electron chi connectivity index (χ0n) is 18.2. The molecule has 1 aromatic heterocycles. The Labute approximate surface area is 197 Å². The molecule has 3 rings (SSSR count). The average Bonchev–Trinajstić information content (AvgIpc) is 3.40. The Morgan fingerprint density at radius 2 is 2.07 bits per heavy atom. The van der Waals surface area contributed by atoms with Gasteiger partial charge in [-0.25, -0.2) is 0 Å². The van der Waals surface area contributed by atoms with Crippen LogP contribution in [0.15, 0.2) is 21.5 Å². The number of ether oxygens (including phenoxy) is 3. The molecule has 172 valence electrons. The summed E-state index contributed by atoms with van der Waals surface area (Å²) >= 11 is 0. The van der Waals surface area contributed by atoms with Crippen LogP contribution in [-0.2, 0) is 14.2 Å². The molecule has 0 amide bonds. The van der Waals surface area contributed by atoms with Gasteiger partial charge in [0.15, 0.2) is 5.96 Å². The summed E-state index contributed by atoms with van der Waals surface area (Å²) in [6.07, 6.45) is 2.21. The van der Waals surface area contributed by atoms with Gasteiger partial charge < -0.3 is 29.3 Å². The van der Waals surface area contributed by atoms with Crippen molar-refractivity contribution in [1.82, 2.24) is 15.5 Å². The molecule has 1 aromatic rings. The van der Waals surface area contributed by atoms with Crippen molar-refractivity contribution in [2.45, 2.75) is 38.8 Å². The monoisotopic (exact) mass is 536 g/mol. The molecule has 0 saturated carbocycles. The standard InChI is InChI=1S/C21H36N4O4.HI/c1-3-22-21(23-8-4-11-28-18-7-12-27-16-18)24-15-19(20-6-5-17(2)29-20)25-9-13-26-14-10-25;/h5-6,18-19H,3-4,7-16H2,1-2H3,(H2,22,23,24);1H. The molecule has 0 spiro atoms. The minimum atomic E-state index is 0. The van der Waals surface area contributed by atoms with Crippen LogP contribution in [0.1, 0.15) is 37.3 Å². The summed E-state index contributed by atoms with van der Waals surface area (Å²) in [5.41, 5.74) is 0. The van der Waals surface area contributed by atoms with Gasteiger partial charge in [0.05, 0.1) is 38.5 Å². The molecule has 0 bridgehead atoms. The van der Waals surface area contributed by atoms with Crippen molar-refractivity contribution in [3.05, 3.63) is 23.7 Å². The predicted octanol–water partition coefficient (Wildman–Crippen LogP) is 2.33. The molecule has 8 nitrogen and oxygen atoms in total. The quantitative estimate of drug-likeness (QED) is 0.206. The highest BCUT2D eigenvalue weighted by molar-refractivity contribution is 14.0. The fourth-order valence-corrected chi connectivity index (χ4v) is 3.60. The van der Waals surface area contributed by atoms with Gasteiger partial charge in [-0.15, -0.1) is 24.0 Å². The van der Waals surface area contributed by atoms with Gasteiger partial charge in [0.2, 0.25) is 0 Å². The third-order valence-electron chi connectivity index (χ3n) is 5.20. The van der Waals surface area contributed by atoms with E-state index >= 15 is 0 Å². The second-order valence-corrected chi connectivity index (χ2v) is 7.47. The normalized spacial score (nSPS) is 21.3. The van der Waals surface area contributed by atoms with E-state index in [0.29, 0.717) is 6.54 Å². The largest absolute Gasteiger partial charge is 0.465 e. The number of morpholine rings is 1. The topological polar surface area (TPSA) is 80.5 Å². The van der Waals surface area contributed by atoms with Crippen molar-refractivity contribution in [3.8, 4) is 0 Å². The highest BCUT2D eigenvalue weighted by Gasteiger charge is 2.25. The van der Waals surface area contributed by atoms with E-state index in [2.05, 4.69) is 28.5 Å². The molecular formula is C21H37IN4O4. The number of guanidine groups is 1.